The summed E-state index contributed by atoms with van der Waals surface area (Å²) in [6.45, 7) is 2.22. The average molecular weight is 253 g/mol. The van der Waals surface area contributed by atoms with Crippen LogP contribution in [0.4, 0.5) is 0 Å². The molecule has 1 aliphatic heterocycles. The molecule has 0 aromatic heterocycles. The van der Waals surface area contributed by atoms with Crippen LogP contribution >= 0.6 is 11.8 Å². The maximum absolute atomic E-state index is 11.2. The first-order chi connectivity index (χ1) is 6.85. The van der Waals surface area contributed by atoms with Crippen LogP contribution < -0.4 is 5.32 Å². The molecule has 0 aromatic rings. The molecule has 90 valence electrons. The Bertz CT molecular complexity index is 300. The van der Waals surface area contributed by atoms with E-state index < -0.39 is 15.4 Å². The van der Waals surface area contributed by atoms with E-state index in [0.717, 1.165) is 0 Å². The van der Waals surface area contributed by atoms with Gasteiger partial charge in [-0.15, -0.1) is 0 Å². The number of hydrogen-bond donors (Lipinski definition) is 2. The highest BCUT2D eigenvalue weighted by molar-refractivity contribution is 7.98. The highest BCUT2D eigenvalue weighted by Gasteiger charge is 2.29. The molecule has 1 heterocycles. The molecule has 2 atom stereocenters. The van der Waals surface area contributed by atoms with Crippen LogP contribution in [0.1, 0.15) is 13.3 Å². The molecule has 0 amide bonds. The summed E-state index contributed by atoms with van der Waals surface area (Å²) < 4.78 is 22.4. The highest BCUT2D eigenvalue weighted by atomic mass is 32.2. The van der Waals surface area contributed by atoms with Crippen LogP contribution in [0, 0.1) is 0 Å². The van der Waals surface area contributed by atoms with Gasteiger partial charge in [-0.05, 0) is 19.6 Å². The van der Waals surface area contributed by atoms with Crippen molar-refractivity contribution in [2.24, 2.45) is 0 Å². The summed E-state index contributed by atoms with van der Waals surface area (Å²) in [6, 6.07) is 0.0170. The molecule has 6 heteroatoms. The van der Waals surface area contributed by atoms with Crippen LogP contribution in [-0.2, 0) is 9.84 Å². The molecule has 1 aliphatic rings. The van der Waals surface area contributed by atoms with Gasteiger partial charge in [0.2, 0.25) is 0 Å². The summed E-state index contributed by atoms with van der Waals surface area (Å²) in [5.74, 6) is 1.14. The van der Waals surface area contributed by atoms with Gasteiger partial charge in [0.05, 0.1) is 17.1 Å². The number of aliphatic hydroxyl groups is 1. The van der Waals surface area contributed by atoms with E-state index in [9.17, 15) is 13.5 Å². The van der Waals surface area contributed by atoms with Gasteiger partial charge in [-0.25, -0.2) is 8.42 Å². The van der Waals surface area contributed by atoms with E-state index in [4.69, 9.17) is 0 Å². The van der Waals surface area contributed by atoms with Gasteiger partial charge < -0.3 is 10.4 Å². The van der Waals surface area contributed by atoms with Crippen LogP contribution in [0.2, 0.25) is 0 Å². The average Bonchev–Trinajstić information content (AvgIpc) is 2.42. The molecular weight excluding hydrogens is 234 g/mol. The third-order valence-electron chi connectivity index (χ3n) is 2.46. The highest BCUT2D eigenvalue weighted by Crippen LogP contribution is 2.14. The molecule has 0 saturated carbocycles. The van der Waals surface area contributed by atoms with E-state index in [1.807, 2.05) is 6.26 Å². The van der Waals surface area contributed by atoms with E-state index in [1.54, 1.807) is 18.7 Å². The summed E-state index contributed by atoms with van der Waals surface area (Å²) in [4.78, 5) is 0. The SMILES string of the molecule is CSCC(C)(O)CNC1CCS(=O)(=O)C1. The van der Waals surface area contributed by atoms with E-state index in [1.165, 1.54) is 0 Å². The molecule has 2 unspecified atom stereocenters. The van der Waals surface area contributed by atoms with Crippen molar-refractivity contribution in [3.8, 4) is 0 Å². The molecule has 15 heavy (non-hydrogen) atoms. The van der Waals surface area contributed by atoms with Crippen LogP contribution in [0.3, 0.4) is 0 Å². The Balaban J connectivity index is 2.32. The lowest BCUT2D eigenvalue weighted by molar-refractivity contribution is 0.0823. The Hall–Kier alpha value is 0.220. The second-order valence-corrected chi connectivity index (χ2v) is 7.51. The fourth-order valence-electron chi connectivity index (χ4n) is 1.68. The minimum atomic E-state index is -2.82. The molecule has 1 fully saturated rings. The topological polar surface area (TPSA) is 66.4 Å². The number of hydrogen-bond acceptors (Lipinski definition) is 5. The van der Waals surface area contributed by atoms with Gasteiger partial charge >= 0.3 is 0 Å². The minimum absolute atomic E-state index is 0.0170. The molecule has 2 N–H and O–H groups in total. The van der Waals surface area contributed by atoms with Gasteiger partial charge in [0, 0.05) is 18.3 Å². The zero-order valence-electron chi connectivity index (χ0n) is 9.19. The zero-order valence-corrected chi connectivity index (χ0v) is 10.8. The van der Waals surface area contributed by atoms with Crippen molar-refractivity contribution in [2.45, 2.75) is 25.0 Å². The van der Waals surface area contributed by atoms with E-state index in [0.29, 0.717) is 18.7 Å². The molecule has 0 aromatic carbocycles. The van der Waals surface area contributed by atoms with Crippen molar-refractivity contribution in [3.63, 3.8) is 0 Å². The van der Waals surface area contributed by atoms with Crippen molar-refractivity contribution < 1.29 is 13.5 Å². The lowest BCUT2D eigenvalue weighted by Gasteiger charge is -2.24. The molecular formula is C9H19NO3S2. The van der Waals surface area contributed by atoms with Crippen LogP contribution in [0.25, 0.3) is 0 Å². The number of thioether (sulfide) groups is 1. The summed E-state index contributed by atoms with van der Waals surface area (Å²) >= 11 is 1.58. The standard InChI is InChI=1S/C9H19NO3S2/c1-9(11,7-14-2)6-10-8-3-4-15(12,13)5-8/h8,10-11H,3-7H2,1-2H3. The molecule has 1 saturated heterocycles. The largest absolute Gasteiger partial charge is 0.388 e. The molecule has 0 spiro atoms. The first-order valence-electron chi connectivity index (χ1n) is 5.00. The monoisotopic (exact) mass is 253 g/mol. The van der Waals surface area contributed by atoms with Gasteiger partial charge in [-0.2, -0.15) is 11.8 Å². The zero-order chi connectivity index (χ0) is 11.5. The first kappa shape index (κ1) is 13.3. The molecule has 0 aliphatic carbocycles. The van der Waals surface area contributed by atoms with Crippen LogP contribution in [0.15, 0.2) is 0 Å². The number of sulfone groups is 1. The Morgan fingerprint density at radius 3 is 2.73 bits per heavy atom. The summed E-state index contributed by atoms with van der Waals surface area (Å²) in [5.41, 5.74) is -0.758. The van der Waals surface area contributed by atoms with E-state index in [2.05, 4.69) is 5.32 Å². The molecule has 0 radical (unpaired) electrons. The number of nitrogens with one attached hydrogen (secondary N) is 1. The predicted octanol–water partition coefficient (Wildman–Crippen LogP) is -0.123. The van der Waals surface area contributed by atoms with E-state index >= 15 is 0 Å². The lowest BCUT2D eigenvalue weighted by atomic mass is 10.1. The second-order valence-electron chi connectivity index (χ2n) is 4.41. The molecule has 4 nitrogen and oxygen atoms in total. The van der Waals surface area contributed by atoms with Gasteiger partial charge in [-0.1, -0.05) is 0 Å². The first-order valence-corrected chi connectivity index (χ1v) is 8.21. The Kier molecular flexibility index (Phi) is 4.46. The second kappa shape index (κ2) is 5.03. The van der Waals surface area contributed by atoms with Gasteiger partial charge in [0.15, 0.2) is 9.84 Å². The fraction of sp³-hybridized carbons (Fsp3) is 1.00. The van der Waals surface area contributed by atoms with E-state index in [-0.39, 0.29) is 17.5 Å². The smallest absolute Gasteiger partial charge is 0.151 e. The maximum Gasteiger partial charge on any atom is 0.151 e. The summed E-state index contributed by atoms with van der Waals surface area (Å²) in [6.07, 6.45) is 2.60. The summed E-state index contributed by atoms with van der Waals surface area (Å²) in [5, 5.41) is 13.0. The van der Waals surface area contributed by atoms with Gasteiger partial charge in [0.25, 0.3) is 0 Å². The summed E-state index contributed by atoms with van der Waals surface area (Å²) in [7, 11) is -2.82. The van der Waals surface area contributed by atoms with Crippen LogP contribution in [0.5, 0.6) is 0 Å². The van der Waals surface area contributed by atoms with Crippen LogP contribution in [-0.4, -0.2) is 55.2 Å². The normalized spacial score (nSPS) is 28.9. The van der Waals surface area contributed by atoms with Crippen molar-refractivity contribution in [3.05, 3.63) is 0 Å². The van der Waals surface area contributed by atoms with Crippen molar-refractivity contribution in [1.29, 1.82) is 0 Å². The number of rotatable bonds is 5. The maximum atomic E-state index is 11.2. The minimum Gasteiger partial charge on any atom is -0.388 e. The molecule has 0 bridgehead atoms. The predicted molar refractivity (Wildman–Crippen MR) is 64.1 cm³/mol. The quantitative estimate of drug-likeness (QED) is 0.715. The van der Waals surface area contributed by atoms with Crippen molar-refractivity contribution in [1.82, 2.24) is 5.32 Å². The third-order valence-corrected chi connectivity index (χ3v) is 5.14. The molecule has 1 rings (SSSR count). The Morgan fingerprint density at radius 2 is 2.27 bits per heavy atom. The third kappa shape index (κ3) is 4.72. The van der Waals surface area contributed by atoms with Crippen molar-refractivity contribution in [2.75, 3.05) is 30.1 Å². The van der Waals surface area contributed by atoms with Crippen molar-refractivity contribution >= 4 is 21.6 Å². The van der Waals surface area contributed by atoms with Gasteiger partial charge in [-0.3, -0.25) is 0 Å². The van der Waals surface area contributed by atoms with Gasteiger partial charge in [0.1, 0.15) is 0 Å². The Labute approximate surface area is 95.7 Å². The fourth-order valence-corrected chi connectivity index (χ4v) is 4.11. The lowest BCUT2D eigenvalue weighted by Crippen LogP contribution is -2.44. The Morgan fingerprint density at radius 1 is 1.60 bits per heavy atom.